The van der Waals surface area contributed by atoms with Gasteiger partial charge in [-0.05, 0) is 65.5 Å². The number of benzene rings is 1. The summed E-state index contributed by atoms with van der Waals surface area (Å²) in [5.41, 5.74) is 3.53. The van der Waals surface area contributed by atoms with Gasteiger partial charge >= 0.3 is 0 Å². The summed E-state index contributed by atoms with van der Waals surface area (Å²) in [6, 6.07) is 8.45. The Balaban J connectivity index is 1.92. The summed E-state index contributed by atoms with van der Waals surface area (Å²) in [5, 5.41) is -0.0981. The number of hydrogen-bond donors (Lipinski definition) is 0. The second kappa shape index (κ2) is 5.04. The molecule has 1 aliphatic rings. The van der Waals surface area contributed by atoms with Crippen LogP contribution in [0.5, 0.6) is 5.75 Å². The lowest BCUT2D eigenvalue weighted by Gasteiger charge is -2.16. The minimum absolute atomic E-state index is 0.0981. The minimum Gasteiger partial charge on any atom is -0.487 e. The van der Waals surface area contributed by atoms with Crippen molar-refractivity contribution in [2.45, 2.75) is 38.2 Å². The Bertz CT molecular complexity index is 643. The van der Waals surface area contributed by atoms with Crippen LogP contribution in [0.1, 0.15) is 40.8 Å². The Hall–Kier alpha value is -0.510. The van der Waals surface area contributed by atoms with Crippen molar-refractivity contribution in [2.24, 2.45) is 0 Å². The molecule has 0 saturated carbocycles. The van der Waals surface area contributed by atoms with Gasteiger partial charge in [-0.3, -0.25) is 0 Å². The highest BCUT2D eigenvalue weighted by atomic mass is 79.9. The number of thiophene rings is 1. The van der Waals surface area contributed by atoms with Crippen LogP contribution >= 0.6 is 38.9 Å². The van der Waals surface area contributed by atoms with Gasteiger partial charge in [-0.2, -0.15) is 0 Å². The van der Waals surface area contributed by atoms with Crippen LogP contribution in [0.3, 0.4) is 0 Å². The third-order valence-corrected chi connectivity index (χ3v) is 6.32. The number of halogens is 2. The molecular weight excluding hydrogens is 356 g/mol. The largest absolute Gasteiger partial charge is 0.487 e. The van der Waals surface area contributed by atoms with Crippen LogP contribution in [0.15, 0.2) is 28.1 Å². The van der Waals surface area contributed by atoms with E-state index in [0.29, 0.717) is 0 Å². The molecule has 20 heavy (non-hydrogen) atoms. The fourth-order valence-electron chi connectivity index (χ4n) is 2.56. The molecule has 1 aromatic carbocycles. The second-order valence-corrected chi connectivity index (χ2v) is 8.71. The summed E-state index contributed by atoms with van der Waals surface area (Å²) in [4.78, 5) is 1.18. The molecule has 1 nitrogen and oxygen atoms in total. The molecule has 0 bridgehead atoms. The summed E-state index contributed by atoms with van der Waals surface area (Å²) in [5.74, 6) is 0.992. The third-order valence-electron chi connectivity index (χ3n) is 3.51. The summed E-state index contributed by atoms with van der Waals surface area (Å²) >= 11 is 11.9. The van der Waals surface area contributed by atoms with Crippen molar-refractivity contribution >= 4 is 38.9 Å². The van der Waals surface area contributed by atoms with Crippen LogP contribution in [0, 0.1) is 6.92 Å². The molecule has 106 valence electrons. The predicted octanol–water partition coefficient (Wildman–Crippen LogP) is 5.86. The van der Waals surface area contributed by atoms with Gasteiger partial charge in [0.05, 0.1) is 9.16 Å². The zero-order valence-corrected chi connectivity index (χ0v) is 14.8. The smallest absolute Gasteiger partial charge is 0.123 e. The molecule has 2 heterocycles. The molecule has 1 aromatic heterocycles. The van der Waals surface area contributed by atoms with Gasteiger partial charge in [-0.1, -0.05) is 12.1 Å². The average Bonchev–Trinajstić information content (AvgIpc) is 2.86. The van der Waals surface area contributed by atoms with Crippen LogP contribution in [-0.4, -0.2) is 5.60 Å². The standard InChI is InChI=1S/C16H16BrClOS/c1-9-6-13(20-15(9)17)14(18)10-4-5-12-11(7-10)8-16(2,3)19-12/h4-7,14H,8H2,1-3H3. The number of fused-ring (bicyclic) bond motifs is 1. The second-order valence-electron chi connectivity index (χ2n) is 5.87. The SMILES string of the molecule is Cc1cc(C(Cl)c2ccc3c(c2)CC(C)(C)O3)sc1Br. The van der Waals surface area contributed by atoms with E-state index in [1.54, 1.807) is 11.3 Å². The van der Waals surface area contributed by atoms with Gasteiger partial charge in [0.2, 0.25) is 0 Å². The number of rotatable bonds is 2. The molecule has 0 fully saturated rings. The molecule has 0 saturated heterocycles. The van der Waals surface area contributed by atoms with E-state index in [1.807, 2.05) is 6.07 Å². The van der Waals surface area contributed by atoms with Crippen molar-refractivity contribution in [3.63, 3.8) is 0 Å². The van der Waals surface area contributed by atoms with Gasteiger partial charge in [0, 0.05) is 11.3 Å². The fourth-order valence-corrected chi connectivity index (χ4v) is 4.47. The lowest BCUT2D eigenvalue weighted by molar-refractivity contribution is 0.138. The molecule has 0 radical (unpaired) electrons. The van der Waals surface area contributed by atoms with E-state index in [2.05, 4.69) is 54.9 Å². The van der Waals surface area contributed by atoms with Crippen LogP contribution in [-0.2, 0) is 6.42 Å². The van der Waals surface area contributed by atoms with Crippen molar-refractivity contribution in [1.29, 1.82) is 0 Å². The van der Waals surface area contributed by atoms with Crippen LogP contribution in [0.2, 0.25) is 0 Å². The molecule has 0 spiro atoms. The van der Waals surface area contributed by atoms with Crippen molar-refractivity contribution in [1.82, 2.24) is 0 Å². The highest BCUT2D eigenvalue weighted by Gasteiger charge is 2.30. The summed E-state index contributed by atoms with van der Waals surface area (Å²) in [6.45, 7) is 6.32. The minimum atomic E-state index is -0.106. The topological polar surface area (TPSA) is 9.23 Å². The molecular formula is C16H16BrClOS. The van der Waals surface area contributed by atoms with Crippen molar-refractivity contribution < 1.29 is 4.74 Å². The normalized spacial score (nSPS) is 17.6. The maximum absolute atomic E-state index is 6.64. The van der Waals surface area contributed by atoms with E-state index in [9.17, 15) is 0 Å². The maximum Gasteiger partial charge on any atom is 0.123 e. The molecule has 4 heteroatoms. The van der Waals surface area contributed by atoms with E-state index in [-0.39, 0.29) is 11.0 Å². The van der Waals surface area contributed by atoms with E-state index < -0.39 is 0 Å². The molecule has 0 N–H and O–H groups in total. The Morgan fingerprint density at radius 3 is 2.75 bits per heavy atom. The highest BCUT2D eigenvalue weighted by Crippen LogP contribution is 2.41. The average molecular weight is 372 g/mol. The summed E-state index contributed by atoms with van der Waals surface area (Å²) in [7, 11) is 0. The number of aryl methyl sites for hydroxylation is 1. The van der Waals surface area contributed by atoms with E-state index in [1.165, 1.54) is 16.0 Å². The Morgan fingerprint density at radius 1 is 1.35 bits per heavy atom. The summed E-state index contributed by atoms with van der Waals surface area (Å²) in [6.07, 6.45) is 0.937. The Morgan fingerprint density at radius 2 is 2.10 bits per heavy atom. The lowest BCUT2D eigenvalue weighted by atomic mass is 9.99. The van der Waals surface area contributed by atoms with Gasteiger partial charge in [0.15, 0.2) is 0 Å². The molecule has 2 aromatic rings. The first-order chi connectivity index (χ1) is 9.35. The number of hydrogen-bond acceptors (Lipinski definition) is 2. The Kier molecular flexibility index (Phi) is 3.64. The zero-order valence-electron chi connectivity index (χ0n) is 11.7. The van der Waals surface area contributed by atoms with Crippen LogP contribution < -0.4 is 4.74 Å². The quantitative estimate of drug-likeness (QED) is 0.601. The van der Waals surface area contributed by atoms with E-state index >= 15 is 0 Å². The molecule has 1 atom stereocenters. The number of alkyl halides is 1. The number of ether oxygens (including phenoxy) is 1. The third kappa shape index (κ3) is 2.63. The van der Waals surface area contributed by atoms with E-state index in [0.717, 1.165) is 21.5 Å². The van der Waals surface area contributed by atoms with Gasteiger partial charge < -0.3 is 4.74 Å². The fraction of sp³-hybridized carbons (Fsp3) is 0.375. The monoisotopic (exact) mass is 370 g/mol. The first kappa shape index (κ1) is 14.4. The zero-order chi connectivity index (χ0) is 14.5. The molecule has 0 aliphatic carbocycles. The van der Waals surface area contributed by atoms with Crippen molar-refractivity contribution in [2.75, 3.05) is 0 Å². The predicted molar refractivity (Wildman–Crippen MR) is 89.3 cm³/mol. The van der Waals surface area contributed by atoms with Crippen molar-refractivity contribution in [3.05, 3.63) is 49.6 Å². The molecule has 1 unspecified atom stereocenters. The summed E-state index contributed by atoms with van der Waals surface area (Å²) < 4.78 is 7.07. The Labute approximate surface area is 137 Å². The first-order valence-corrected chi connectivity index (χ1v) is 8.62. The lowest BCUT2D eigenvalue weighted by Crippen LogP contribution is -2.24. The maximum atomic E-state index is 6.64. The van der Waals surface area contributed by atoms with Crippen LogP contribution in [0.4, 0.5) is 0 Å². The van der Waals surface area contributed by atoms with E-state index in [4.69, 9.17) is 16.3 Å². The van der Waals surface area contributed by atoms with Gasteiger partial charge in [-0.25, -0.2) is 0 Å². The van der Waals surface area contributed by atoms with Gasteiger partial charge in [0.1, 0.15) is 11.4 Å². The molecule has 3 rings (SSSR count). The van der Waals surface area contributed by atoms with Crippen LogP contribution in [0.25, 0.3) is 0 Å². The van der Waals surface area contributed by atoms with Crippen molar-refractivity contribution in [3.8, 4) is 5.75 Å². The molecule has 1 aliphatic heterocycles. The molecule has 0 amide bonds. The van der Waals surface area contributed by atoms with Gasteiger partial charge in [0.25, 0.3) is 0 Å². The highest BCUT2D eigenvalue weighted by molar-refractivity contribution is 9.11. The van der Waals surface area contributed by atoms with Gasteiger partial charge in [-0.15, -0.1) is 22.9 Å². The first-order valence-electron chi connectivity index (χ1n) is 6.57.